The molecular formula is C15H22O3. The lowest BCUT2D eigenvalue weighted by atomic mass is 10.2. The summed E-state index contributed by atoms with van der Waals surface area (Å²) in [5.74, 6) is 0. The van der Waals surface area contributed by atoms with E-state index in [1.54, 1.807) is 0 Å². The van der Waals surface area contributed by atoms with Crippen LogP contribution in [0.2, 0.25) is 0 Å². The minimum atomic E-state index is -0.0123. The first-order valence-corrected chi connectivity index (χ1v) is 6.71. The summed E-state index contributed by atoms with van der Waals surface area (Å²) in [5, 5.41) is 0. The van der Waals surface area contributed by atoms with Crippen molar-refractivity contribution in [1.29, 1.82) is 0 Å². The van der Waals surface area contributed by atoms with Crippen LogP contribution in [0.1, 0.15) is 30.4 Å². The molecule has 0 N–H and O–H groups in total. The fraction of sp³-hybridized carbons (Fsp3) is 0.600. The maximum atomic E-state index is 5.59. The van der Waals surface area contributed by atoms with Gasteiger partial charge in [-0.25, -0.2) is 0 Å². The van der Waals surface area contributed by atoms with Crippen LogP contribution in [0, 0.1) is 6.92 Å². The molecule has 0 aliphatic carbocycles. The van der Waals surface area contributed by atoms with Crippen LogP contribution < -0.4 is 0 Å². The van der Waals surface area contributed by atoms with Gasteiger partial charge in [-0.1, -0.05) is 29.8 Å². The molecule has 1 unspecified atom stereocenters. The van der Waals surface area contributed by atoms with E-state index in [0.717, 1.165) is 19.4 Å². The van der Waals surface area contributed by atoms with E-state index in [-0.39, 0.29) is 6.29 Å². The summed E-state index contributed by atoms with van der Waals surface area (Å²) in [6.07, 6.45) is 3.36. The SMILES string of the molecule is Cc1ccc(COCCOC2CCCCO2)cc1. The standard InChI is InChI=1S/C15H22O3/c1-13-5-7-14(8-6-13)12-16-10-11-18-15-4-2-3-9-17-15/h5-8,15H,2-4,9-12H2,1H3. The highest BCUT2D eigenvalue weighted by Crippen LogP contribution is 2.13. The normalized spacial score (nSPS) is 19.9. The van der Waals surface area contributed by atoms with E-state index < -0.39 is 0 Å². The van der Waals surface area contributed by atoms with Gasteiger partial charge in [0.1, 0.15) is 0 Å². The molecule has 1 heterocycles. The highest BCUT2D eigenvalue weighted by Gasteiger charge is 2.13. The monoisotopic (exact) mass is 250 g/mol. The zero-order valence-electron chi connectivity index (χ0n) is 11.1. The summed E-state index contributed by atoms with van der Waals surface area (Å²) in [6, 6.07) is 8.40. The van der Waals surface area contributed by atoms with Gasteiger partial charge < -0.3 is 14.2 Å². The highest BCUT2D eigenvalue weighted by molar-refractivity contribution is 5.20. The number of benzene rings is 1. The molecule has 1 aromatic rings. The van der Waals surface area contributed by atoms with Gasteiger partial charge in [0.05, 0.1) is 19.8 Å². The van der Waals surface area contributed by atoms with Crippen LogP contribution in [-0.4, -0.2) is 26.1 Å². The first-order valence-electron chi connectivity index (χ1n) is 6.71. The second-order valence-electron chi connectivity index (χ2n) is 4.71. The predicted molar refractivity (Wildman–Crippen MR) is 70.4 cm³/mol. The number of hydrogen-bond acceptors (Lipinski definition) is 3. The smallest absolute Gasteiger partial charge is 0.157 e. The van der Waals surface area contributed by atoms with Crippen LogP contribution >= 0.6 is 0 Å². The second kappa shape index (κ2) is 7.52. The summed E-state index contributed by atoms with van der Waals surface area (Å²) in [5.41, 5.74) is 2.48. The molecular weight excluding hydrogens is 228 g/mol. The third-order valence-corrected chi connectivity index (χ3v) is 3.06. The molecule has 1 saturated heterocycles. The Balaban J connectivity index is 1.54. The van der Waals surface area contributed by atoms with Gasteiger partial charge in [-0.2, -0.15) is 0 Å². The second-order valence-corrected chi connectivity index (χ2v) is 4.71. The zero-order chi connectivity index (χ0) is 12.6. The van der Waals surface area contributed by atoms with E-state index in [9.17, 15) is 0 Å². The Morgan fingerprint density at radius 1 is 1.17 bits per heavy atom. The zero-order valence-corrected chi connectivity index (χ0v) is 11.1. The Kier molecular flexibility index (Phi) is 5.65. The molecule has 1 aromatic carbocycles. The molecule has 100 valence electrons. The average Bonchev–Trinajstić information content (AvgIpc) is 2.42. The van der Waals surface area contributed by atoms with Crippen molar-refractivity contribution >= 4 is 0 Å². The maximum absolute atomic E-state index is 5.59. The third-order valence-electron chi connectivity index (χ3n) is 3.06. The average molecular weight is 250 g/mol. The summed E-state index contributed by atoms with van der Waals surface area (Å²) in [7, 11) is 0. The Hall–Kier alpha value is -0.900. The fourth-order valence-electron chi connectivity index (χ4n) is 1.96. The van der Waals surface area contributed by atoms with E-state index in [0.29, 0.717) is 19.8 Å². The molecule has 0 radical (unpaired) electrons. The van der Waals surface area contributed by atoms with Crippen molar-refractivity contribution in [3.8, 4) is 0 Å². The van der Waals surface area contributed by atoms with Gasteiger partial charge in [-0.3, -0.25) is 0 Å². The van der Waals surface area contributed by atoms with E-state index >= 15 is 0 Å². The minimum Gasteiger partial charge on any atom is -0.374 e. The van der Waals surface area contributed by atoms with Gasteiger partial charge in [-0.15, -0.1) is 0 Å². The predicted octanol–water partition coefficient (Wildman–Crippen LogP) is 3.05. The van der Waals surface area contributed by atoms with Crippen molar-refractivity contribution in [1.82, 2.24) is 0 Å². The van der Waals surface area contributed by atoms with Crippen molar-refractivity contribution in [3.05, 3.63) is 35.4 Å². The maximum Gasteiger partial charge on any atom is 0.157 e. The molecule has 1 atom stereocenters. The van der Waals surface area contributed by atoms with Crippen LogP contribution in [0.25, 0.3) is 0 Å². The Bertz CT molecular complexity index is 328. The van der Waals surface area contributed by atoms with Crippen LogP contribution in [0.3, 0.4) is 0 Å². The number of aryl methyl sites for hydroxylation is 1. The first-order chi connectivity index (χ1) is 8.84. The molecule has 0 amide bonds. The van der Waals surface area contributed by atoms with E-state index in [4.69, 9.17) is 14.2 Å². The van der Waals surface area contributed by atoms with E-state index in [1.165, 1.54) is 17.5 Å². The van der Waals surface area contributed by atoms with Crippen molar-refractivity contribution in [2.75, 3.05) is 19.8 Å². The van der Waals surface area contributed by atoms with Gasteiger partial charge >= 0.3 is 0 Å². The van der Waals surface area contributed by atoms with Gasteiger partial charge in [-0.05, 0) is 31.7 Å². The van der Waals surface area contributed by atoms with Crippen LogP contribution in [0.15, 0.2) is 24.3 Å². The van der Waals surface area contributed by atoms with E-state index in [1.807, 2.05) is 0 Å². The summed E-state index contributed by atoms with van der Waals surface area (Å²) in [6.45, 7) is 4.79. The van der Waals surface area contributed by atoms with Gasteiger partial charge in [0.15, 0.2) is 6.29 Å². The molecule has 0 saturated carbocycles. The summed E-state index contributed by atoms with van der Waals surface area (Å²) in [4.78, 5) is 0. The number of ether oxygens (including phenoxy) is 3. The minimum absolute atomic E-state index is 0.0123. The molecule has 3 nitrogen and oxygen atoms in total. The lowest BCUT2D eigenvalue weighted by Crippen LogP contribution is -2.23. The summed E-state index contributed by atoms with van der Waals surface area (Å²) < 4.78 is 16.6. The van der Waals surface area contributed by atoms with Gasteiger partial charge in [0.2, 0.25) is 0 Å². The topological polar surface area (TPSA) is 27.7 Å². The van der Waals surface area contributed by atoms with Gasteiger partial charge in [0, 0.05) is 6.61 Å². The summed E-state index contributed by atoms with van der Waals surface area (Å²) >= 11 is 0. The molecule has 1 aliphatic rings. The van der Waals surface area contributed by atoms with Crippen LogP contribution in [0.4, 0.5) is 0 Å². The van der Waals surface area contributed by atoms with Crippen molar-refractivity contribution in [2.45, 2.75) is 39.1 Å². The lowest BCUT2D eigenvalue weighted by Gasteiger charge is -2.22. The number of hydrogen-bond donors (Lipinski definition) is 0. The molecule has 1 fully saturated rings. The van der Waals surface area contributed by atoms with Crippen LogP contribution in [0.5, 0.6) is 0 Å². The van der Waals surface area contributed by atoms with Crippen molar-refractivity contribution in [2.24, 2.45) is 0 Å². The molecule has 18 heavy (non-hydrogen) atoms. The largest absolute Gasteiger partial charge is 0.374 e. The van der Waals surface area contributed by atoms with Gasteiger partial charge in [0.25, 0.3) is 0 Å². The lowest BCUT2D eigenvalue weighted by molar-refractivity contribution is -0.169. The van der Waals surface area contributed by atoms with E-state index in [2.05, 4.69) is 31.2 Å². The molecule has 1 aliphatic heterocycles. The first kappa shape index (κ1) is 13.5. The molecule has 0 spiro atoms. The Labute approximate surface area is 109 Å². The molecule has 3 heteroatoms. The Morgan fingerprint density at radius 3 is 2.72 bits per heavy atom. The fourth-order valence-corrected chi connectivity index (χ4v) is 1.96. The number of rotatable bonds is 6. The third kappa shape index (κ3) is 4.77. The quantitative estimate of drug-likeness (QED) is 0.726. The van der Waals surface area contributed by atoms with Crippen LogP contribution in [-0.2, 0) is 20.8 Å². The molecule has 2 rings (SSSR count). The van der Waals surface area contributed by atoms with Crippen molar-refractivity contribution < 1.29 is 14.2 Å². The molecule has 0 aromatic heterocycles. The molecule has 0 bridgehead atoms. The van der Waals surface area contributed by atoms with Crippen molar-refractivity contribution in [3.63, 3.8) is 0 Å². The highest BCUT2D eigenvalue weighted by atomic mass is 16.7. The Morgan fingerprint density at radius 2 is 2.00 bits per heavy atom.